The van der Waals surface area contributed by atoms with E-state index in [0.717, 1.165) is 0 Å². The summed E-state index contributed by atoms with van der Waals surface area (Å²) in [6.07, 6.45) is 0. The molecule has 2 aromatic rings. The van der Waals surface area contributed by atoms with Gasteiger partial charge >= 0.3 is 0 Å². The SMILES string of the molecule is COc1cc(N/N=C(\C#N)C(=N)N)ccc1-c1ccc(CO)o1. The number of hydrogen-bond donors (Lipinski definition) is 4. The van der Waals surface area contributed by atoms with Crippen molar-refractivity contribution in [2.75, 3.05) is 12.5 Å². The highest BCUT2D eigenvalue weighted by atomic mass is 16.5. The molecule has 0 aliphatic rings. The van der Waals surface area contributed by atoms with Gasteiger partial charge in [0.15, 0.2) is 5.84 Å². The zero-order valence-electron chi connectivity index (χ0n) is 12.3. The van der Waals surface area contributed by atoms with Crippen molar-refractivity contribution in [1.82, 2.24) is 0 Å². The highest BCUT2D eigenvalue weighted by molar-refractivity contribution is 6.45. The second-order valence-electron chi connectivity index (χ2n) is 4.44. The quantitative estimate of drug-likeness (QED) is 0.363. The third-order valence-corrected chi connectivity index (χ3v) is 2.94. The second kappa shape index (κ2) is 7.11. The number of anilines is 1. The molecule has 8 heteroatoms. The van der Waals surface area contributed by atoms with Crippen LogP contribution < -0.4 is 15.9 Å². The average Bonchev–Trinajstić information content (AvgIpc) is 3.03. The molecule has 1 aromatic carbocycles. The molecule has 2 rings (SSSR count). The minimum absolute atomic E-state index is 0.182. The molecule has 0 radical (unpaired) electrons. The number of aliphatic hydroxyl groups excluding tert-OH is 1. The predicted octanol–water partition coefficient (Wildman–Crippen LogP) is 1.67. The number of nitrogens with zero attached hydrogens (tertiary/aromatic N) is 2. The summed E-state index contributed by atoms with van der Waals surface area (Å²) in [6.45, 7) is -0.182. The standard InChI is InChI=1S/C15H15N5O3/c1-22-14-6-9(19-20-12(7-16)15(17)18)2-4-11(14)13-5-3-10(8-21)23-13/h2-6,19,21H,8H2,1H3,(H3,17,18)/b20-12+. The molecule has 1 aromatic heterocycles. The summed E-state index contributed by atoms with van der Waals surface area (Å²) in [5.74, 6) is 1.11. The number of amidine groups is 1. The van der Waals surface area contributed by atoms with E-state index in [4.69, 9.17) is 30.7 Å². The molecule has 0 saturated carbocycles. The zero-order valence-corrected chi connectivity index (χ0v) is 12.3. The molecule has 0 amide bonds. The van der Waals surface area contributed by atoms with E-state index in [1.165, 1.54) is 7.11 Å². The van der Waals surface area contributed by atoms with Crippen LogP contribution in [-0.2, 0) is 6.61 Å². The normalized spacial score (nSPS) is 10.9. The summed E-state index contributed by atoms with van der Waals surface area (Å²) >= 11 is 0. The Balaban J connectivity index is 2.29. The molecule has 8 nitrogen and oxygen atoms in total. The molecule has 0 aliphatic heterocycles. The lowest BCUT2D eigenvalue weighted by Gasteiger charge is -2.09. The van der Waals surface area contributed by atoms with Crippen molar-refractivity contribution in [2.45, 2.75) is 6.61 Å². The summed E-state index contributed by atoms with van der Waals surface area (Å²) in [7, 11) is 1.51. The largest absolute Gasteiger partial charge is 0.496 e. The van der Waals surface area contributed by atoms with Gasteiger partial charge in [-0.25, -0.2) is 0 Å². The number of nitriles is 1. The number of benzene rings is 1. The maximum Gasteiger partial charge on any atom is 0.201 e. The lowest BCUT2D eigenvalue weighted by atomic mass is 10.1. The van der Waals surface area contributed by atoms with Crippen LogP contribution in [-0.4, -0.2) is 23.8 Å². The van der Waals surface area contributed by atoms with Crippen LogP contribution in [0.3, 0.4) is 0 Å². The summed E-state index contributed by atoms with van der Waals surface area (Å²) in [5, 5.41) is 28.8. The van der Waals surface area contributed by atoms with Crippen LogP contribution in [0.5, 0.6) is 5.75 Å². The highest BCUT2D eigenvalue weighted by Crippen LogP contribution is 2.33. The van der Waals surface area contributed by atoms with Crippen LogP contribution in [0.1, 0.15) is 5.76 Å². The van der Waals surface area contributed by atoms with Crippen molar-refractivity contribution in [3.05, 3.63) is 36.1 Å². The number of aliphatic hydroxyl groups is 1. The number of rotatable bonds is 6. The number of methoxy groups -OCH3 is 1. The van der Waals surface area contributed by atoms with E-state index in [2.05, 4.69) is 10.5 Å². The summed E-state index contributed by atoms with van der Waals surface area (Å²) in [5.41, 5.74) is 8.89. The van der Waals surface area contributed by atoms with E-state index in [9.17, 15) is 0 Å². The number of nitrogens with one attached hydrogen (secondary N) is 2. The van der Waals surface area contributed by atoms with Gasteiger partial charge in [0.05, 0.1) is 18.4 Å². The van der Waals surface area contributed by atoms with E-state index >= 15 is 0 Å². The Bertz CT molecular complexity index is 789. The maximum atomic E-state index is 9.05. The molecule has 0 spiro atoms. The van der Waals surface area contributed by atoms with Gasteiger partial charge in [0.2, 0.25) is 5.71 Å². The van der Waals surface area contributed by atoms with E-state index in [1.807, 2.05) is 0 Å². The van der Waals surface area contributed by atoms with Crippen molar-refractivity contribution in [3.63, 3.8) is 0 Å². The summed E-state index contributed by atoms with van der Waals surface area (Å²) in [4.78, 5) is 0. The summed E-state index contributed by atoms with van der Waals surface area (Å²) in [6, 6.07) is 10.2. The molecular formula is C15H15N5O3. The highest BCUT2D eigenvalue weighted by Gasteiger charge is 2.11. The lowest BCUT2D eigenvalue weighted by Crippen LogP contribution is -2.21. The molecule has 118 valence electrons. The second-order valence-corrected chi connectivity index (χ2v) is 4.44. The first-order chi connectivity index (χ1) is 11.1. The minimum Gasteiger partial charge on any atom is -0.496 e. The Labute approximate surface area is 132 Å². The van der Waals surface area contributed by atoms with Gasteiger partial charge < -0.3 is 20.0 Å². The van der Waals surface area contributed by atoms with Crippen molar-refractivity contribution < 1.29 is 14.3 Å². The first kappa shape index (κ1) is 16.1. The Morgan fingerprint density at radius 3 is 2.83 bits per heavy atom. The van der Waals surface area contributed by atoms with Gasteiger partial charge in [0.1, 0.15) is 29.9 Å². The van der Waals surface area contributed by atoms with Crippen LogP contribution >= 0.6 is 0 Å². The molecule has 0 fully saturated rings. The Morgan fingerprint density at radius 1 is 1.48 bits per heavy atom. The maximum absolute atomic E-state index is 9.05. The van der Waals surface area contributed by atoms with Crippen LogP contribution in [0.4, 0.5) is 5.69 Å². The third-order valence-electron chi connectivity index (χ3n) is 2.94. The Kier molecular flexibility index (Phi) is 4.96. The first-order valence-corrected chi connectivity index (χ1v) is 6.55. The van der Waals surface area contributed by atoms with E-state index in [1.54, 1.807) is 36.4 Å². The zero-order chi connectivity index (χ0) is 16.8. The van der Waals surface area contributed by atoms with Crippen molar-refractivity contribution in [3.8, 4) is 23.1 Å². The van der Waals surface area contributed by atoms with Crippen LogP contribution in [0.15, 0.2) is 39.9 Å². The number of hydrogen-bond acceptors (Lipinski definition) is 7. The smallest absolute Gasteiger partial charge is 0.201 e. The number of ether oxygens (including phenoxy) is 1. The molecule has 0 aliphatic carbocycles. The monoisotopic (exact) mass is 313 g/mol. The molecule has 1 heterocycles. The Morgan fingerprint density at radius 2 is 2.26 bits per heavy atom. The van der Waals surface area contributed by atoms with Gasteiger partial charge in [-0.15, -0.1) is 0 Å². The lowest BCUT2D eigenvalue weighted by molar-refractivity contribution is 0.248. The fraction of sp³-hybridized carbons (Fsp3) is 0.133. The topological polar surface area (TPSA) is 141 Å². The van der Waals surface area contributed by atoms with Gasteiger partial charge in [0.25, 0.3) is 0 Å². The fourth-order valence-electron chi connectivity index (χ4n) is 1.84. The Hall–Kier alpha value is -3.31. The first-order valence-electron chi connectivity index (χ1n) is 6.55. The van der Waals surface area contributed by atoms with Gasteiger partial charge in [0, 0.05) is 6.07 Å². The van der Waals surface area contributed by atoms with Crippen LogP contribution in [0.25, 0.3) is 11.3 Å². The third kappa shape index (κ3) is 3.66. The number of furan rings is 1. The predicted molar refractivity (Wildman–Crippen MR) is 85.2 cm³/mol. The molecule has 0 atom stereocenters. The van der Waals surface area contributed by atoms with E-state index in [-0.39, 0.29) is 12.3 Å². The van der Waals surface area contributed by atoms with E-state index < -0.39 is 5.84 Å². The van der Waals surface area contributed by atoms with Crippen molar-refractivity contribution >= 4 is 17.2 Å². The summed E-state index contributed by atoms with van der Waals surface area (Å²) < 4.78 is 10.8. The minimum atomic E-state index is -0.421. The average molecular weight is 313 g/mol. The fourth-order valence-corrected chi connectivity index (χ4v) is 1.84. The number of nitrogens with two attached hydrogens (primary N) is 1. The van der Waals surface area contributed by atoms with Gasteiger partial charge in [-0.2, -0.15) is 10.4 Å². The molecule has 0 bridgehead atoms. The van der Waals surface area contributed by atoms with Crippen molar-refractivity contribution in [2.24, 2.45) is 10.8 Å². The molecule has 0 unspecified atom stereocenters. The van der Waals surface area contributed by atoms with E-state index in [0.29, 0.717) is 28.5 Å². The molecule has 23 heavy (non-hydrogen) atoms. The van der Waals surface area contributed by atoms with Crippen LogP contribution in [0, 0.1) is 16.7 Å². The molecule has 5 N–H and O–H groups in total. The van der Waals surface area contributed by atoms with Gasteiger partial charge in [-0.05, 0) is 24.3 Å². The van der Waals surface area contributed by atoms with Crippen molar-refractivity contribution in [1.29, 1.82) is 10.7 Å². The number of hydrazone groups is 1. The van der Waals surface area contributed by atoms with Gasteiger partial charge in [-0.3, -0.25) is 10.8 Å². The molecule has 0 saturated heterocycles. The van der Waals surface area contributed by atoms with Crippen LogP contribution in [0.2, 0.25) is 0 Å². The molecular weight excluding hydrogens is 298 g/mol. The van der Waals surface area contributed by atoms with Gasteiger partial charge in [-0.1, -0.05) is 0 Å².